The van der Waals surface area contributed by atoms with Gasteiger partial charge in [-0.15, -0.1) is 0 Å². The summed E-state index contributed by atoms with van der Waals surface area (Å²) in [5, 5.41) is 7.92. The van der Waals surface area contributed by atoms with Crippen molar-refractivity contribution in [3.8, 4) is 0 Å². The van der Waals surface area contributed by atoms with Crippen LogP contribution < -0.4 is 0 Å². The zero-order valence-electron chi connectivity index (χ0n) is 13.5. The second kappa shape index (κ2) is 7.28. The molecule has 0 spiro atoms. The molecule has 0 rings (SSSR count). The third-order valence-corrected chi connectivity index (χ3v) is 3.67. The molecular weight excluding hydrogens is 222 g/mol. The molecule has 1 atom stereocenters. The van der Waals surface area contributed by atoms with E-state index < -0.39 is 0 Å². The van der Waals surface area contributed by atoms with Gasteiger partial charge in [0, 0.05) is 12.3 Å². The zero-order chi connectivity index (χ0) is 14.4. The Balaban J connectivity index is 4.14. The summed E-state index contributed by atoms with van der Waals surface area (Å²) in [5.74, 6) is 0.362. The van der Waals surface area contributed by atoms with Crippen LogP contribution >= 0.6 is 0 Å². The molecule has 1 N–H and O–H groups in total. The molecule has 0 aromatic rings. The molecule has 1 unspecified atom stereocenters. The first kappa shape index (κ1) is 17.6. The Labute approximate surface area is 114 Å². The van der Waals surface area contributed by atoms with Gasteiger partial charge < -0.3 is 10.1 Å². The molecule has 0 aliphatic rings. The Morgan fingerprint density at radius 2 is 1.67 bits per heavy atom. The van der Waals surface area contributed by atoms with Gasteiger partial charge in [0.15, 0.2) is 0 Å². The minimum absolute atomic E-state index is 0.0631. The van der Waals surface area contributed by atoms with Crippen molar-refractivity contribution in [3.05, 3.63) is 0 Å². The number of nitrogens with one attached hydrogen (secondary N) is 1. The third kappa shape index (κ3) is 7.86. The van der Waals surface area contributed by atoms with Crippen LogP contribution in [0.2, 0.25) is 0 Å². The van der Waals surface area contributed by atoms with Crippen LogP contribution in [0, 0.1) is 16.7 Å². The highest BCUT2D eigenvalue weighted by atomic mass is 16.5. The molecule has 0 radical (unpaired) electrons. The normalized spacial score (nSPS) is 15.8. The van der Waals surface area contributed by atoms with Crippen LogP contribution in [0.1, 0.15) is 74.1 Å². The molecule has 0 saturated carbocycles. The largest absolute Gasteiger partial charge is 0.375 e. The zero-order valence-corrected chi connectivity index (χ0v) is 13.5. The maximum absolute atomic E-state index is 7.92. The molecule has 2 heteroatoms. The molecule has 2 nitrogen and oxygen atoms in total. The summed E-state index contributed by atoms with van der Waals surface area (Å²) in [6.07, 6.45) is 3.93. The van der Waals surface area contributed by atoms with Crippen LogP contribution in [-0.4, -0.2) is 17.9 Å². The SMILES string of the molecule is CCC(C)(CCC(=N)C(C)C)OCCC(C)(C)C. The van der Waals surface area contributed by atoms with Gasteiger partial charge in [0.2, 0.25) is 0 Å². The second-order valence-corrected chi connectivity index (χ2v) is 7.14. The summed E-state index contributed by atoms with van der Waals surface area (Å²) >= 11 is 0. The van der Waals surface area contributed by atoms with Gasteiger partial charge in [0.1, 0.15) is 0 Å². The Morgan fingerprint density at radius 1 is 1.11 bits per heavy atom. The van der Waals surface area contributed by atoms with Crippen molar-refractivity contribution < 1.29 is 4.74 Å². The molecule has 108 valence electrons. The van der Waals surface area contributed by atoms with E-state index in [1.807, 2.05) is 0 Å². The van der Waals surface area contributed by atoms with Gasteiger partial charge in [-0.05, 0) is 43.9 Å². The Hall–Kier alpha value is -0.370. The standard InChI is InChI=1S/C16H33NO/c1-8-16(7,10-9-14(17)13(2)3)18-12-11-15(4,5)6/h13,17H,8-12H2,1-7H3. The predicted molar refractivity (Wildman–Crippen MR) is 80.5 cm³/mol. The van der Waals surface area contributed by atoms with Gasteiger partial charge in [-0.3, -0.25) is 0 Å². The van der Waals surface area contributed by atoms with Crippen molar-refractivity contribution >= 4 is 5.71 Å². The van der Waals surface area contributed by atoms with Crippen LogP contribution in [0.3, 0.4) is 0 Å². The maximum Gasteiger partial charge on any atom is 0.0655 e. The summed E-state index contributed by atoms with van der Waals surface area (Å²) in [6, 6.07) is 0. The second-order valence-electron chi connectivity index (χ2n) is 7.14. The Morgan fingerprint density at radius 3 is 2.06 bits per heavy atom. The van der Waals surface area contributed by atoms with E-state index in [1.54, 1.807) is 0 Å². The first-order chi connectivity index (χ1) is 8.09. The van der Waals surface area contributed by atoms with E-state index in [4.69, 9.17) is 10.1 Å². The highest BCUT2D eigenvalue weighted by Gasteiger charge is 2.24. The summed E-state index contributed by atoms with van der Waals surface area (Å²) in [6.45, 7) is 16.1. The summed E-state index contributed by atoms with van der Waals surface area (Å²) in [4.78, 5) is 0. The third-order valence-electron chi connectivity index (χ3n) is 3.67. The lowest BCUT2D eigenvalue weighted by Gasteiger charge is -2.31. The number of rotatable bonds is 8. The highest BCUT2D eigenvalue weighted by Crippen LogP contribution is 2.26. The van der Waals surface area contributed by atoms with Gasteiger partial charge in [0.05, 0.1) is 5.60 Å². The van der Waals surface area contributed by atoms with Crippen LogP contribution in [0.15, 0.2) is 0 Å². The number of hydrogen-bond acceptors (Lipinski definition) is 2. The lowest BCUT2D eigenvalue weighted by atomic mass is 9.91. The van der Waals surface area contributed by atoms with E-state index in [2.05, 4.69) is 48.5 Å². The van der Waals surface area contributed by atoms with Gasteiger partial charge in [-0.1, -0.05) is 41.5 Å². The molecule has 0 amide bonds. The van der Waals surface area contributed by atoms with Crippen LogP contribution in [0.25, 0.3) is 0 Å². The summed E-state index contributed by atoms with van der Waals surface area (Å²) in [5.41, 5.74) is 1.11. The van der Waals surface area contributed by atoms with Crippen molar-refractivity contribution in [2.45, 2.75) is 79.8 Å². The van der Waals surface area contributed by atoms with E-state index in [9.17, 15) is 0 Å². The maximum atomic E-state index is 7.92. The van der Waals surface area contributed by atoms with E-state index in [0.29, 0.717) is 11.3 Å². The topological polar surface area (TPSA) is 33.1 Å². The molecule has 0 heterocycles. The molecule has 0 saturated heterocycles. The average molecular weight is 255 g/mol. The first-order valence-electron chi connectivity index (χ1n) is 7.31. The van der Waals surface area contributed by atoms with Crippen molar-refractivity contribution in [1.29, 1.82) is 5.41 Å². The molecule has 18 heavy (non-hydrogen) atoms. The van der Waals surface area contributed by atoms with Crippen LogP contribution in [-0.2, 0) is 4.74 Å². The van der Waals surface area contributed by atoms with Crippen molar-refractivity contribution in [3.63, 3.8) is 0 Å². The minimum Gasteiger partial charge on any atom is -0.375 e. The molecule has 0 aromatic carbocycles. The smallest absolute Gasteiger partial charge is 0.0655 e. The predicted octanol–water partition coefficient (Wildman–Crippen LogP) is 5.06. The van der Waals surface area contributed by atoms with Crippen molar-refractivity contribution in [1.82, 2.24) is 0 Å². The molecule has 0 bridgehead atoms. The molecular formula is C16H33NO. The molecule has 0 aliphatic heterocycles. The summed E-state index contributed by atoms with van der Waals surface area (Å²) in [7, 11) is 0. The van der Waals surface area contributed by atoms with Crippen LogP contribution in [0.4, 0.5) is 0 Å². The quantitative estimate of drug-likeness (QED) is 0.604. The van der Waals surface area contributed by atoms with E-state index >= 15 is 0 Å². The fraction of sp³-hybridized carbons (Fsp3) is 0.938. The monoisotopic (exact) mass is 255 g/mol. The molecule has 0 aromatic heterocycles. The van der Waals surface area contributed by atoms with Crippen LogP contribution in [0.5, 0.6) is 0 Å². The number of ether oxygens (including phenoxy) is 1. The Bertz CT molecular complexity index is 252. The fourth-order valence-electron chi connectivity index (χ4n) is 1.64. The molecule has 0 aliphatic carbocycles. The van der Waals surface area contributed by atoms with Gasteiger partial charge in [-0.2, -0.15) is 0 Å². The lowest BCUT2D eigenvalue weighted by Crippen LogP contribution is -2.30. The Kier molecular flexibility index (Phi) is 7.13. The van der Waals surface area contributed by atoms with E-state index in [-0.39, 0.29) is 5.60 Å². The minimum atomic E-state index is -0.0631. The van der Waals surface area contributed by atoms with Gasteiger partial charge >= 0.3 is 0 Å². The lowest BCUT2D eigenvalue weighted by molar-refractivity contribution is -0.0477. The average Bonchev–Trinajstić information content (AvgIpc) is 2.24. The van der Waals surface area contributed by atoms with Crippen molar-refractivity contribution in [2.75, 3.05) is 6.61 Å². The molecule has 0 fully saturated rings. The van der Waals surface area contributed by atoms with Gasteiger partial charge in [-0.25, -0.2) is 0 Å². The highest BCUT2D eigenvalue weighted by molar-refractivity contribution is 5.83. The van der Waals surface area contributed by atoms with Gasteiger partial charge in [0.25, 0.3) is 0 Å². The number of hydrogen-bond donors (Lipinski definition) is 1. The van der Waals surface area contributed by atoms with E-state index in [0.717, 1.165) is 38.0 Å². The fourth-order valence-corrected chi connectivity index (χ4v) is 1.64. The van der Waals surface area contributed by atoms with E-state index in [1.165, 1.54) is 0 Å². The summed E-state index contributed by atoms with van der Waals surface area (Å²) < 4.78 is 6.09. The van der Waals surface area contributed by atoms with Crippen molar-refractivity contribution in [2.24, 2.45) is 11.3 Å². The first-order valence-corrected chi connectivity index (χ1v) is 7.31.